The Kier molecular flexibility index (Phi) is 4.08. The Balaban J connectivity index is 2.55. The van der Waals surface area contributed by atoms with E-state index >= 15 is 0 Å². The van der Waals surface area contributed by atoms with Crippen molar-refractivity contribution in [2.75, 3.05) is 19.6 Å². The normalized spacial score (nSPS) is 19.7. The van der Waals surface area contributed by atoms with E-state index in [2.05, 4.69) is 5.32 Å². The predicted octanol–water partition coefficient (Wildman–Crippen LogP) is -0.682. The molecule has 0 bridgehead atoms. The molecular weight excluding hydrogens is 194 g/mol. The van der Waals surface area contributed by atoms with Gasteiger partial charge in [-0.15, -0.1) is 0 Å². The third-order valence-electron chi connectivity index (χ3n) is 2.63. The summed E-state index contributed by atoms with van der Waals surface area (Å²) in [5.41, 5.74) is 5.78. The largest absolute Gasteiger partial charge is 0.354 e. The summed E-state index contributed by atoms with van der Waals surface area (Å²) < 4.78 is 0. The van der Waals surface area contributed by atoms with Gasteiger partial charge in [0.15, 0.2) is 0 Å². The van der Waals surface area contributed by atoms with E-state index < -0.39 is 6.04 Å². The van der Waals surface area contributed by atoms with Crippen molar-refractivity contribution in [1.82, 2.24) is 10.2 Å². The number of nitrogens with two attached hydrogens (primary N) is 1. The van der Waals surface area contributed by atoms with Crippen LogP contribution in [0.3, 0.4) is 0 Å². The summed E-state index contributed by atoms with van der Waals surface area (Å²) in [6.45, 7) is 5.40. The van der Waals surface area contributed by atoms with Gasteiger partial charge < -0.3 is 16.0 Å². The van der Waals surface area contributed by atoms with Crippen LogP contribution in [-0.4, -0.2) is 42.4 Å². The molecule has 5 heteroatoms. The van der Waals surface area contributed by atoms with Crippen LogP contribution in [0.4, 0.5) is 0 Å². The Morgan fingerprint density at radius 3 is 2.73 bits per heavy atom. The first kappa shape index (κ1) is 12.0. The topological polar surface area (TPSA) is 75.4 Å². The number of hydrogen-bond donors (Lipinski definition) is 2. The number of nitrogens with one attached hydrogen (secondary N) is 1. The van der Waals surface area contributed by atoms with Crippen molar-refractivity contribution < 1.29 is 9.59 Å². The molecule has 0 aromatic heterocycles. The first-order chi connectivity index (χ1) is 7.02. The Morgan fingerprint density at radius 2 is 2.13 bits per heavy atom. The van der Waals surface area contributed by atoms with Crippen LogP contribution in [0.1, 0.15) is 20.3 Å². The zero-order chi connectivity index (χ0) is 11.4. The van der Waals surface area contributed by atoms with Crippen LogP contribution >= 0.6 is 0 Å². The van der Waals surface area contributed by atoms with E-state index in [0.29, 0.717) is 26.1 Å². The number of hydrogen-bond acceptors (Lipinski definition) is 3. The lowest BCUT2D eigenvalue weighted by atomic mass is 10.0. The molecule has 1 atom stereocenters. The van der Waals surface area contributed by atoms with Gasteiger partial charge >= 0.3 is 0 Å². The number of nitrogens with zero attached hydrogens (tertiary/aromatic N) is 1. The lowest BCUT2D eigenvalue weighted by Crippen LogP contribution is -2.47. The van der Waals surface area contributed by atoms with E-state index in [1.165, 1.54) is 0 Å². The highest BCUT2D eigenvalue weighted by atomic mass is 16.2. The van der Waals surface area contributed by atoms with Crippen LogP contribution in [0.5, 0.6) is 0 Å². The van der Waals surface area contributed by atoms with E-state index in [1.54, 1.807) is 4.90 Å². The molecule has 1 aliphatic rings. The van der Waals surface area contributed by atoms with Crippen molar-refractivity contribution in [3.8, 4) is 0 Å². The van der Waals surface area contributed by atoms with E-state index in [0.717, 1.165) is 0 Å². The average molecular weight is 213 g/mol. The number of carbonyl (C=O) groups is 2. The third kappa shape index (κ3) is 3.20. The first-order valence-electron chi connectivity index (χ1n) is 5.33. The van der Waals surface area contributed by atoms with Gasteiger partial charge in [0.1, 0.15) is 0 Å². The van der Waals surface area contributed by atoms with Crippen LogP contribution in [0.2, 0.25) is 0 Å². The van der Waals surface area contributed by atoms with Gasteiger partial charge in [0, 0.05) is 26.1 Å². The van der Waals surface area contributed by atoms with Gasteiger partial charge in [-0.05, 0) is 5.92 Å². The molecule has 0 unspecified atom stereocenters. The summed E-state index contributed by atoms with van der Waals surface area (Å²) in [4.78, 5) is 24.6. The second-order valence-electron chi connectivity index (χ2n) is 4.20. The molecule has 2 amide bonds. The summed E-state index contributed by atoms with van der Waals surface area (Å²) in [6.07, 6.45) is 0.372. The maximum absolute atomic E-state index is 11.9. The molecule has 1 aliphatic heterocycles. The van der Waals surface area contributed by atoms with Gasteiger partial charge in [-0.1, -0.05) is 13.8 Å². The van der Waals surface area contributed by atoms with Gasteiger partial charge in [0.2, 0.25) is 11.8 Å². The molecule has 0 saturated carbocycles. The minimum Gasteiger partial charge on any atom is -0.354 e. The second-order valence-corrected chi connectivity index (χ2v) is 4.20. The van der Waals surface area contributed by atoms with Crippen LogP contribution < -0.4 is 11.1 Å². The molecule has 0 aromatic carbocycles. The summed E-state index contributed by atoms with van der Waals surface area (Å²) >= 11 is 0. The van der Waals surface area contributed by atoms with Crippen LogP contribution in [0.25, 0.3) is 0 Å². The number of carbonyl (C=O) groups excluding carboxylic acids is 2. The van der Waals surface area contributed by atoms with E-state index in [1.807, 2.05) is 13.8 Å². The number of amides is 2. The Labute approximate surface area is 90.0 Å². The smallest absolute Gasteiger partial charge is 0.239 e. The highest BCUT2D eigenvalue weighted by molar-refractivity contribution is 5.83. The lowest BCUT2D eigenvalue weighted by molar-refractivity contribution is -0.133. The molecule has 1 saturated heterocycles. The zero-order valence-electron chi connectivity index (χ0n) is 9.32. The van der Waals surface area contributed by atoms with Crippen molar-refractivity contribution in [2.24, 2.45) is 11.7 Å². The van der Waals surface area contributed by atoms with Crippen molar-refractivity contribution in [3.63, 3.8) is 0 Å². The molecule has 15 heavy (non-hydrogen) atoms. The minimum absolute atomic E-state index is 0.00317. The Morgan fingerprint density at radius 1 is 1.47 bits per heavy atom. The molecule has 0 spiro atoms. The van der Waals surface area contributed by atoms with Gasteiger partial charge in [0.25, 0.3) is 0 Å². The van der Waals surface area contributed by atoms with Crippen LogP contribution in [0, 0.1) is 5.92 Å². The molecular formula is C10H19N3O2. The van der Waals surface area contributed by atoms with E-state index in [-0.39, 0.29) is 17.7 Å². The third-order valence-corrected chi connectivity index (χ3v) is 2.63. The Bertz CT molecular complexity index is 253. The molecule has 3 N–H and O–H groups in total. The molecule has 86 valence electrons. The zero-order valence-corrected chi connectivity index (χ0v) is 9.32. The highest BCUT2D eigenvalue weighted by Crippen LogP contribution is 2.05. The molecule has 1 heterocycles. The Hall–Kier alpha value is -1.10. The predicted molar refractivity (Wildman–Crippen MR) is 57.0 cm³/mol. The second kappa shape index (κ2) is 5.11. The highest BCUT2D eigenvalue weighted by Gasteiger charge is 2.25. The molecule has 1 rings (SSSR count). The SMILES string of the molecule is CC(C)[C@@H](N)C(=O)N1CCNC(=O)CC1. The van der Waals surface area contributed by atoms with Gasteiger partial charge in [0.05, 0.1) is 6.04 Å². The lowest BCUT2D eigenvalue weighted by Gasteiger charge is -2.25. The molecule has 1 fully saturated rings. The summed E-state index contributed by atoms with van der Waals surface area (Å²) in [5, 5.41) is 2.72. The average Bonchev–Trinajstić information content (AvgIpc) is 2.40. The molecule has 0 aromatic rings. The molecule has 0 radical (unpaired) electrons. The monoisotopic (exact) mass is 213 g/mol. The van der Waals surface area contributed by atoms with Crippen molar-refractivity contribution in [3.05, 3.63) is 0 Å². The number of rotatable bonds is 2. The van der Waals surface area contributed by atoms with Crippen LogP contribution in [0.15, 0.2) is 0 Å². The molecule has 0 aliphatic carbocycles. The van der Waals surface area contributed by atoms with E-state index in [9.17, 15) is 9.59 Å². The summed E-state index contributed by atoms with van der Waals surface area (Å²) in [7, 11) is 0. The fraction of sp³-hybridized carbons (Fsp3) is 0.800. The molecule has 5 nitrogen and oxygen atoms in total. The van der Waals surface area contributed by atoms with Gasteiger partial charge in [-0.2, -0.15) is 0 Å². The van der Waals surface area contributed by atoms with Crippen molar-refractivity contribution in [2.45, 2.75) is 26.3 Å². The van der Waals surface area contributed by atoms with E-state index in [4.69, 9.17) is 5.73 Å². The first-order valence-corrected chi connectivity index (χ1v) is 5.33. The maximum Gasteiger partial charge on any atom is 0.239 e. The standard InChI is InChI=1S/C10H19N3O2/c1-7(2)9(11)10(15)13-5-3-8(14)12-4-6-13/h7,9H,3-6,11H2,1-2H3,(H,12,14)/t9-/m1/s1. The quantitative estimate of drug-likeness (QED) is 0.638. The van der Waals surface area contributed by atoms with Crippen molar-refractivity contribution >= 4 is 11.8 Å². The van der Waals surface area contributed by atoms with Crippen molar-refractivity contribution in [1.29, 1.82) is 0 Å². The van der Waals surface area contributed by atoms with Crippen LogP contribution in [-0.2, 0) is 9.59 Å². The summed E-state index contributed by atoms with van der Waals surface area (Å²) in [5.74, 6) is 0.0781. The summed E-state index contributed by atoms with van der Waals surface area (Å²) in [6, 6.07) is -0.460. The van der Waals surface area contributed by atoms with Gasteiger partial charge in [-0.3, -0.25) is 9.59 Å². The fourth-order valence-corrected chi connectivity index (χ4v) is 1.48. The fourth-order valence-electron chi connectivity index (χ4n) is 1.48. The minimum atomic E-state index is -0.460. The van der Waals surface area contributed by atoms with Gasteiger partial charge in [-0.25, -0.2) is 0 Å². The maximum atomic E-state index is 11.9.